The van der Waals surface area contributed by atoms with Crippen LogP contribution in [0.15, 0.2) is 0 Å². The molecule has 0 aromatic heterocycles. The first-order chi connectivity index (χ1) is 10.7. The predicted octanol–water partition coefficient (Wildman–Crippen LogP) is 3.36. The third-order valence-electron chi connectivity index (χ3n) is 3.89. The van der Waals surface area contributed by atoms with Gasteiger partial charge in [-0.15, -0.1) is 26.2 Å². The van der Waals surface area contributed by atoms with Gasteiger partial charge in [0.15, 0.2) is 0 Å². The third kappa shape index (κ3) is 18.5. The molecule has 0 fully saturated rings. The van der Waals surface area contributed by atoms with Crippen LogP contribution in [0.2, 0.25) is 0 Å². The van der Waals surface area contributed by atoms with Crippen LogP contribution in [0.1, 0.15) is 111 Å². The van der Waals surface area contributed by atoms with E-state index in [-0.39, 0.29) is 101 Å². The molecule has 192 valence electrons. The van der Waals surface area contributed by atoms with Gasteiger partial charge in [0.1, 0.15) is 0 Å². The van der Waals surface area contributed by atoms with Crippen molar-refractivity contribution >= 4 is 15.8 Å². The van der Waals surface area contributed by atoms with Crippen molar-refractivity contribution in [3.8, 4) is 0 Å². The Bertz CT molecular complexity index is 318. The van der Waals surface area contributed by atoms with Crippen molar-refractivity contribution in [2.24, 2.45) is 0 Å². The van der Waals surface area contributed by atoms with Crippen molar-refractivity contribution < 1.29 is 74.8 Å². The Labute approximate surface area is 244 Å². The summed E-state index contributed by atoms with van der Waals surface area (Å²) in [5, 5.41) is 1.95. The number of hydrogen-bond acceptors (Lipinski definition) is 0. The van der Waals surface area contributed by atoms with Crippen LogP contribution in [0.4, 0.5) is 0 Å². The molecule has 6 heteroatoms. The van der Waals surface area contributed by atoms with Gasteiger partial charge in [0.05, 0.1) is 0 Å². The summed E-state index contributed by atoms with van der Waals surface area (Å²) in [4.78, 5) is 0. The van der Waals surface area contributed by atoms with Gasteiger partial charge in [0, 0.05) is 0 Å². The summed E-state index contributed by atoms with van der Waals surface area (Å²) < 4.78 is 0. The zero-order valence-corrected chi connectivity index (χ0v) is 30.8. The van der Waals surface area contributed by atoms with Gasteiger partial charge >= 0.3 is 40.8 Å². The van der Waals surface area contributed by atoms with E-state index in [0.717, 1.165) is 0 Å². The van der Waals surface area contributed by atoms with Crippen molar-refractivity contribution in [1.29, 1.82) is 0 Å². The fraction of sp³-hybridized carbons (Fsp3) is 0.917. The standard InChI is InChI=1S/2C12H26P.2BrH.2Pd/c2*1-10(2,3)13(11(4,5)6)12(7,8)9;;;;/h2*1H2,2-9H3;2*1H;;/q2*-1;;;2*+2/p-2. The van der Waals surface area contributed by atoms with E-state index in [1.54, 1.807) is 0 Å². The van der Waals surface area contributed by atoms with E-state index in [0.29, 0.717) is 20.6 Å². The van der Waals surface area contributed by atoms with Crippen molar-refractivity contribution in [3.05, 3.63) is 13.8 Å². The van der Waals surface area contributed by atoms with Crippen LogP contribution in [0.3, 0.4) is 0 Å². The minimum atomic E-state index is -0.0949. The van der Waals surface area contributed by atoms with E-state index in [1.807, 2.05) is 0 Å². The minimum Gasteiger partial charge on any atom is -1.00 e. The molecule has 0 amide bonds. The first kappa shape index (κ1) is 46.5. The van der Waals surface area contributed by atoms with E-state index in [2.05, 4.69) is 125 Å². The molecule has 0 aromatic rings. The molecule has 0 N–H and O–H groups in total. The third-order valence-corrected chi connectivity index (χ3v) is 11.7. The maximum atomic E-state index is 4.33. The number of halogens is 2. The molecule has 0 atom stereocenters. The van der Waals surface area contributed by atoms with Gasteiger partial charge in [-0.2, -0.15) is 0 Å². The molecule has 0 radical (unpaired) electrons. The molecule has 0 aliphatic carbocycles. The second-order valence-corrected chi connectivity index (χ2v) is 22.1. The maximum absolute atomic E-state index is 4.33. The smallest absolute Gasteiger partial charge is 1.00 e. The molecule has 30 heavy (non-hydrogen) atoms. The monoisotopic (exact) mass is 772 g/mol. The van der Waals surface area contributed by atoms with Gasteiger partial charge in [-0.05, 0) is 20.6 Å². The van der Waals surface area contributed by atoms with E-state index in [1.165, 1.54) is 0 Å². The van der Waals surface area contributed by atoms with Crippen LogP contribution < -0.4 is 34.0 Å². The second kappa shape index (κ2) is 15.3. The number of hydrogen-bond donors (Lipinski definition) is 0. The Morgan fingerprint density at radius 3 is 0.467 bits per heavy atom. The molecule has 0 aromatic carbocycles. The molecule has 0 nitrogen and oxygen atoms in total. The summed E-state index contributed by atoms with van der Waals surface area (Å²) in [5.74, 6) is 0. The van der Waals surface area contributed by atoms with Crippen molar-refractivity contribution in [1.82, 2.24) is 0 Å². The Morgan fingerprint density at radius 1 is 0.367 bits per heavy atom. The zero-order valence-electron chi connectivity index (χ0n) is 22.7. The van der Waals surface area contributed by atoms with E-state index >= 15 is 0 Å². The Hall–Kier alpha value is 3.14. The van der Waals surface area contributed by atoms with Crippen LogP contribution in [0.25, 0.3) is 0 Å². The van der Waals surface area contributed by atoms with Crippen molar-refractivity contribution in [2.75, 3.05) is 0 Å². The average Bonchev–Trinajstić information content (AvgIpc) is 1.97. The fourth-order valence-electron chi connectivity index (χ4n) is 5.64. The van der Waals surface area contributed by atoms with Gasteiger partial charge in [-0.25, -0.2) is 0 Å². The molecule has 0 saturated carbocycles. The quantitative estimate of drug-likeness (QED) is 0.230. The molecule has 0 heterocycles. The van der Waals surface area contributed by atoms with E-state index in [4.69, 9.17) is 0 Å². The van der Waals surface area contributed by atoms with Crippen LogP contribution in [0, 0.1) is 13.8 Å². The fourth-order valence-corrected chi connectivity index (χ4v) is 16.9. The molecular weight excluding hydrogens is 723 g/mol. The summed E-state index contributed by atoms with van der Waals surface area (Å²) in [6.07, 6.45) is 0. The van der Waals surface area contributed by atoms with Crippen molar-refractivity contribution in [3.63, 3.8) is 0 Å². The Balaban J connectivity index is -0.0000000847. The average molecular weight is 775 g/mol. The van der Waals surface area contributed by atoms with Crippen LogP contribution in [-0.2, 0) is 40.8 Å². The summed E-state index contributed by atoms with van der Waals surface area (Å²) in [6, 6.07) is 0. The number of rotatable bonds is 2. The first-order valence-electron chi connectivity index (χ1n) is 10.0. The molecule has 0 unspecified atom stereocenters. The molecule has 0 saturated heterocycles. The predicted molar refractivity (Wildman–Crippen MR) is 132 cm³/mol. The van der Waals surface area contributed by atoms with Crippen LogP contribution >= 0.6 is 15.8 Å². The summed E-state index contributed by atoms with van der Waals surface area (Å²) in [6.45, 7) is 45.9. The Kier molecular flexibility index (Phi) is 23.7. The molecule has 0 aliphatic heterocycles. The van der Waals surface area contributed by atoms with Gasteiger partial charge < -0.3 is 47.8 Å². The van der Waals surface area contributed by atoms with Crippen LogP contribution in [-0.4, -0.2) is 30.9 Å². The van der Waals surface area contributed by atoms with Gasteiger partial charge in [0.2, 0.25) is 0 Å². The molecule has 0 bridgehead atoms. The van der Waals surface area contributed by atoms with E-state index < -0.39 is 0 Å². The molecule has 0 rings (SSSR count). The van der Waals surface area contributed by atoms with Gasteiger partial charge in [-0.3, -0.25) is 0 Å². The Morgan fingerprint density at radius 2 is 0.467 bits per heavy atom. The van der Waals surface area contributed by atoms with Gasteiger partial charge in [-0.1, -0.05) is 111 Å². The van der Waals surface area contributed by atoms with Gasteiger partial charge in [0.25, 0.3) is 0 Å². The van der Waals surface area contributed by atoms with Crippen LogP contribution in [0.5, 0.6) is 0 Å². The largest absolute Gasteiger partial charge is 2.00 e. The maximum Gasteiger partial charge on any atom is 2.00 e. The SMILES string of the molecule is [Br-].[Br-].[CH2-]C(C)(C)P(C(C)(C)C)C(C)(C)C.[CH2-]C(C)(C)P(C(C)(C)C)C(C)(C)C.[Pd+2].[Pd+2]. The van der Waals surface area contributed by atoms with Crippen molar-refractivity contribution in [2.45, 2.75) is 142 Å². The zero-order chi connectivity index (χ0) is 22.2. The summed E-state index contributed by atoms with van der Waals surface area (Å²) in [7, 11) is -0.190. The second-order valence-electron chi connectivity index (χ2n) is 13.0. The molecule has 0 spiro atoms. The topological polar surface area (TPSA) is 0 Å². The molecular formula is C24H52Br2P2Pd2. The van der Waals surface area contributed by atoms with E-state index in [9.17, 15) is 0 Å². The minimum absolute atomic E-state index is 0. The summed E-state index contributed by atoms with van der Waals surface area (Å²) >= 11 is 0. The summed E-state index contributed by atoms with van der Waals surface area (Å²) in [5.41, 5.74) is 0. The first-order valence-corrected chi connectivity index (χ1v) is 12.7. The normalized spacial score (nSPS) is 13.2. The molecule has 0 aliphatic rings.